The number of carbonyl (C=O) groups is 2. The zero-order valence-electron chi connectivity index (χ0n) is 15.4. The summed E-state index contributed by atoms with van der Waals surface area (Å²) >= 11 is 0. The van der Waals surface area contributed by atoms with Crippen molar-refractivity contribution >= 4 is 11.8 Å². The number of hydrogen-bond acceptors (Lipinski definition) is 5. The number of nitrogens with zero attached hydrogens (tertiary/aromatic N) is 1. The lowest BCUT2D eigenvalue weighted by atomic mass is 9.95. The molecule has 1 aromatic carbocycles. The zero-order valence-corrected chi connectivity index (χ0v) is 15.4. The molecule has 2 N–H and O–H groups in total. The smallest absolute Gasteiger partial charge is 0.252 e. The Hall–Kier alpha value is -2.12. The van der Waals surface area contributed by atoms with Crippen LogP contribution >= 0.6 is 0 Å². The van der Waals surface area contributed by atoms with E-state index in [1.54, 1.807) is 25.9 Å². The van der Waals surface area contributed by atoms with E-state index in [4.69, 9.17) is 9.47 Å². The first-order chi connectivity index (χ1) is 12.4. The Bertz CT molecular complexity index is 669. The van der Waals surface area contributed by atoms with E-state index in [0.29, 0.717) is 5.75 Å². The minimum atomic E-state index is -0.826. The highest BCUT2D eigenvalue weighted by Gasteiger charge is 2.48. The molecule has 0 spiro atoms. The number of nitrogens with one attached hydrogen (secondary N) is 1. The molecule has 26 heavy (non-hydrogen) atoms. The van der Waals surface area contributed by atoms with Crippen molar-refractivity contribution in [1.82, 2.24) is 10.2 Å². The number of aliphatic hydroxyl groups excluding tert-OH is 1. The number of benzene rings is 1. The number of aliphatic hydroxyl groups is 1. The van der Waals surface area contributed by atoms with Crippen LogP contribution in [0.15, 0.2) is 24.3 Å². The largest absolute Gasteiger partial charge is 0.497 e. The molecule has 0 unspecified atom stereocenters. The number of morpholine rings is 1. The number of methoxy groups -OCH3 is 1. The van der Waals surface area contributed by atoms with Gasteiger partial charge in [-0.1, -0.05) is 12.1 Å². The van der Waals surface area contributed by atoms with Gasteiger partial charge in [0.2, 0.25) is 5.91 Å². The van der Waals surface area contributed by atoms with E-state index >= 15 is 0 Å². The van der Waals surface area contributed by atoms with Crippen molar-refractivity contribution in [3.05, 3.63) is 29.8 Å². The Labute approximate surface area is 153 Å². The highest BCUT2D eigenvalue weighted by molar-refractivity contribution is 5.87. The Morgan fingerprint density at radius 3 is 2.54 bits per heavy atom. The molecule has 0 radical (unpaired) electrons. The first-order valence-electron chi connectivity index (χ1n) is 8.86. The van der Waals surface area contributed by atoms with E-state index in [1.807, 2.05) is 24.3 Å². The van der Waals surface area contributed by atoms with Gasteiger partial charge in [-0.25, -0.2) is 0 Å². The van der Waals surface area contributed by atoms with Crippen LogP contribution in [-0.4, -0.2) is 59.8 Å². The monoisotopic (exact) mass is 362 g/mol. The molecular weight excluding hydrogens is 336 g/mol. The third-order valence-corrected chi connectivity index (χ3v) is 4.77. The van der Waals surface area contributed by atoms with Gasteiger partial charge >= 0.3 is 0 Å². The molecule has 1 heterocycles. The number of carbonyl (C=O) groups excluding carboxylic acids is 2. The molecule has 0 aromatic heterocycles. The van der Waals surface area contributed by atoms with Crippen LogP contribution in [0.3, 0.4) is 0 Å². The van der Waals surface area contributed by atoms with E-state index in [-0.39, 0.29) is 31.1 Å². The molecule has 0 bridgehead atoms. The molecule has 7 nitrogen and oxygen atoms in total. The summed E-state index contributed by atoms with van der Waals surface area (Å²) in [7, 11) is 1.59. The van der Waals surface area contributed by atoms with Crippen molar-refractivity contribution in [1.29, 1.82) is 0 Å². The summed E-state index contributed by atoms with van der Waals surface area (Å²) in [6, 6.07) is 7.00. The van der Waals surface area contributed by atoms with Crippen LogP contribution in [-0.2, 0) is 14.3 Å². The van der Waals surface area contributed by atoms with Gasteiger partial charge in [0.25, 0.3) is 5.91 Å². The molecule has 2 amide bonds. The molecule has 142 valence electrons. The van der Waals surface area contributed by atoms with Crippen LogP contribution in [0.25, 0.3) is 0 Å². The maximum Gasteiger partial charge on any atom is 0.252 e. The molecule has 1 aromatic rings. The van der Waals surface area contributed by atoms with Crippen molar-refractivity contribution in [2.75, 3.05) is 20.3 Å². The molecular formula is C19H26N2O5. The highest BCUT2D eigenvalue weighted by Crippen LogP contribution is 2.40. The number of hydrogen-bond donors (Lipinski definition) is 2. The summed E-state index contributed by atoms with van der Waals surface area (Å²) < 4.78 is 10.9. The Kier molecular flexibility index (Phi) is 5.20. The minimum absolute atomic E-state index is 0.0983. The lowest BCUT2D eigenvalue weighted by Gasteiger charge is -2.41. The average molecular weight is 362 g/mol. The van der Waals surface area contributed by atoms with Crippen LogP contribution < -0.4 is 10.1 Å². The topological polar surface area (TPSA) is 88.1 Å². The van der Waals surface area contributed by atoms with Crippen molar-refractivity contribution in [3.8, 4) is 5.75 Å². The fourth-order valence-corrected chi connectivity index (χ4v) is 3.21. The lowest BCUT2D eigenvalue weighted by molar-refractivity contribution is -0.166. The third-order valence-electron chi connectivity index (χ3n) is 4.77. The third kappa shape index (κ3) is 3.83. The van der Waals surface area contributed by atoms with Crippen LogP contribution in [0, 0.1) is 0 Å². The highest BCUT2D eigenvalue weighted by atomic mass is 16.5. The molecule has 1 aliphatic carbocycles. The summed E-state index contributed by atoms with van der Waals surface area (Å²) in [5.74, 6) is 0.277. The summed E-state index contributed by atoms with van der Waals surface area (Å²) in [5.41, 5.74) is 0.0595. The van der Waals surface area contributed by atoms with Gasteiger partial charge in [0, 0.05) is 6.04 Å². The molecule has 2 atom stereocenters. The van der Waals surface area contributed by atoms with Gasteiger partial charge in [-0.2, -0.15) is 0 Å². The molecule has 1 saturated carbocycles. The van der Waals surface area contributed by atoms with Gasteiger partial charge in [0.1, 0.15) is 12.4 Å². The molecule has 7 heteroatoms. The molecule has 1 aliphatic heterocycles. The maximum atomic E-state index is 12.9. The van der Waals surface area contributed by atoms with E-state index in [9.17, 15) is 14.7 Å². The van der Waals surface area contributed by atoms with E-state index in [1.165, 1.54) is 0 Å². The predicted molar refractivity (Wildman–Crippen MR) is 94.7 cm³/mol. The lowest BCUT2D eigenvalue weighted by Crippen LogP contribution is -2.58. The van der Waals surface area contributed by atoms with Crippen molar-refractivity contribution in [2.24, 2.45) is 0 Å². The fourth-order valence-electron chi connectivity index (χ4n) is 3.21. The van der Waals surface area contributed by atoms with Gasteiger partial charge in [-0.05, 0) is 44.4 Å². The summed E-state index contributed by atoms with van der Waals surface area (Å²) in [6.45, 7) is 3.17. The van der Waals surface area contributed by atoms with E-state index in [2.05, 4.69) is 5.32 Å². The molecule has 2 fully saturated rings. The van der Waals surface area contributed by atoms with Gasteiger partial charge in [-0.3, -0.25) is 9.59 Å². The standard InChI is InChI=1S/C19H26N2O5/c1-19(2,11-22)20-18(24)17-16(12-4-8-14(25-3)9-5-12)21(13-6-7-13)15(23)10-26-17/h4-5,8-9,13,16-17,22H,6-7,10-11H2,1-3H3,(H,20,24)/t16-,17+/m1/s1. The number of rotatable bonds is 6. The number of amides is 2. The van der Waals surface area contributed by atoms with E-state index < -0.39 is 17.7 Å². The maximum absolute atomic E-state index is 12.9. The van der Waals surface area contributed by atoms with Gasteiger partial charge in [0.05, 0.1) is 25.3 Å². The molecule has 1 saturated heterocycles. The summed E-state index contributed by atoms with van der Waals surface area (Å²) in [6.07, 6.45) is 1.05. The zero-order chi connectivity index (χ0) is 18.9. The number of ether oxygens (including phenoxy) is 2. The second-order valence-electron chi connectivity index (χ2n) is 7.51. The molecule has 2 aliphatic rings. The second-order valence-corrected chi connectivity index (χ2v) is 7.51. The summed E-state index contributed by atoms with van der Waals surface area (Å²) in [4.78, 5) is 27.2. The Balaban J connectivity index is 1.92. The van der Waals surface area contributed by atoms with Crippen molar-refractivity contribution in [2.45, 2.75) is 50.4 Å². The molecule has 3 rings (SSSR count). The van der Waals surface area contributed by atoms with Crippen molar-refractivity contribution in [3.63, 3.8) is 0 Å². The van der Waals surface area contributed by atoms with E-state index in [0.717, 1.165) is 18.4 Å². The normalized spacial score (nSPS) is 23.7. The van der Waals surface area contributed by atoms with Gasteiger partial charge in [0.15, 0.2) is 6.10 Å². The fraction of sp³-hybridized carbons (Fsp3) is 0.579. The minimum Gasteiger partial charge on any atom is -0.497 e. The quantitative estimate of drug-likeness (QED) is 0.789. The summed E-state index contributed by atoms with van der Waals surface area (Å²) in [5, 5.41) is 12.3. The first kappa shape index (κ1) is 18.7. The Morgan fingerprint density at radius 2 is 2.00 bits per heavy atom. The predicted octanol–water partition coefficient (Wildman–Crippen LogP) is 1.01. The van der Waals surface area contributed by atoms with Gasteiger partial charge in [-0.15, -0.1) is 0 Å². The van der Waals surface area contributed by atoms with Crippen molar-refractivity contribution < 1.29 is 24.2 Å². The van der Waals surface area contributed by atoms with Crippen LogP contribution in [0.2, 0.25) is 0 Å². The van der Waals surface area contributed by atoms with Gasteiger partial charge < -0.3 is 24.8 Å². The first-order valence-corrected chi connectivity index (χ1v) is 8.86. The van der Waals surface area contributed by atoms with Crippen LogP contribution in [0.1, 0.15) is 38.3 Å². The van der Waals surface area contributed by atoms with Crippen LogP contribution in [0.4, 0.5) is 0 Å². The Morgan fingerprint density at radius 1 is 1.35 bits per heavy atom. The SMILES string of the molecule is COc1ccc([C@@H]2[C@@H](C(=O)NC(C)(C)CO)OCC(=O)N2C2CC2)cc1. The second kappa shape index (κ2) is 7.25. The average Bonchev–Trinajstić information content (AvgIpc) is 3.46. The van der Waals surface area contributed by atoms with Crippen LogP contribution in [0.5, 0.6) is 5.75 Å².